The van der Waals surface area contributed by atoms with Gasteiger partial charge >= 0.3 is 12.4 Å². The van der Waals surface area contributed by atoms with Gasteiger partial charge in [-0.1, -0.05) is 26.0 Å². The summed E-state index contributed by atoms with van der Waals surface area (Å²) in [5, 5.41) is 8.93. The standard InChI is InChI=1S/C30H27F5N6O4S/c1-16(2)21-9-4-17(3)10-24(21)41-26(42)14-46-29(41)38-28(43)37-27-22(31)11-20(12-23(27)32)44-13-25-36-15-40(39-25)18-5-7-19(8-6-18)45-30(33,34)35/h4-12,15-16,29H,13-14H2,1-3H3,(H2,37,38,43). The SMILES string of the molecule is Cc1ccc(C(C)C)c(N2C(=O)CSC2NC(=O)Nc2c(F)cc(OCc3ncn(-c4ccc(OC(F)(F)F)cc4)n3)cc2F)c1. The number of nitrogens with zero attached hydrogens (tertiary/aromatic N) is 4. The van der Waals surface area contributed by atoms with Crippen molar-refractivity contribution in [1.82, 2.24) is 20.1 Å². The van der Waals surface area contributed by atoms with Crippen molar-refractivity contribution in [2.24, 2.45) is 0 Å². The lowest BCUT2D eigenvalue weighted by Crippen LogP contribution is -2.47. The average Bonchev–Trinajstić information content (AvgIpc) is 3.59. The number of urea groups is 1. The summed E-state index contributed by atoms with van der Waals surface area (Å²) in [4.78, 5) is 31.1. The molecule has 3 amide bonds. The van der Waals surface area contributed by atoms with Crippen LogP contribution in [-0.4, -0.2) is 44.3 Å². The van der Waals surface area contributed by atoms with E-state index in [4.69, 9.17) is 4.74 Å². The molecule has 1 aliphatic heterocycles. The fourth-order valence-corrected chi connectivity index (χ4v) is 5.60. The number of aromatic nitrogens is 3. The Balaban J connectivity index is 1.21. The maximum absolute atomic E-state index is 14.9. The third-order valence-corrected chi connectivity index (χ3v) is 7.74. The molecule has 0 saturated carbocycles. The summed E-state index contributed by atoms with van der Waals surface area (Å²) in [5.41, 5.74) is 1.35. The van der Waals surface area contributed by atoms with E-state index in [9.17, 15) is 31.5 Å². The zero-order valence-corrected chi connectivity index (χ0v) is 25.4. The highest BCUT2D eigenvalue weighted by atomic mass is 32.2. The summed E-state index contributed by atoms with van der Waals surface area (Å²) in [6.07, 6.45) is -3.54. The molecule has 1 fully saturated rings. The van der Waals surface area contributed by atoms with E-state index in [0.717, 1.165) is 35.4 Å². The first-order chi connectivity index (χ1) is 21.8. The van der Waals surface area contributed by atoms with Gasteiger partial charge in [0.15, 0.2) is 23.0 Å². The van der Waals surface area contributed by atoms with Gasteiger partial charge in [0.1, 0.15) is 30.1 Å². The molecule has 46 heavy (non-hydrogen) atoms. The Morgan fingerprint density at radius 3 is 2.41 bits per heavy atom. The molecule has 242 valence electrons. The molecule has 1 unspecified atom stereocenters. The van der Waals surface area contributed by atoms with Crippen LogP contribution in [0.1, 0.15) is 36.7 Å². The number of hydrogen-bond donors (Lipinski definition) is 2. The van der Waals surface area contributed by atoms with E-state index in [1.807, 2.05) is 39.0 Å². The monoisotopic (exact) mass is 662 g/mol. The summed E-state index contributed by atoms with van der Waals surface area (Å²) in [6, 6.07) is 11.4. The predicted molar refractivity (Wildman–Crippen MR) is 160 cm³/mol. The van der Waals surface area contributed by atoms with Gasteiger partial charge in [0.2, 0.25) is 5.91 Å². The quantitative estimate of drug-likeness (QED) is 0.194. The van der Waals surface area contributed by atoms with Crippen molar-refractivity contribution >= 4 is 35.1 Å². The van der Waals surface area contributed by atoms with Crippen LogP contribution in [0.3, 0.4) is 0 Å². The minimum absolute atomic E-state index is 0.0985. The predicted octanol–water partition coefficient (Wildman–Crippen LogP) is 6.64. The van der Waals surface area contributed by atoms with Crippen molar-refractivity contribution in [1.29, 1.82) is 0 Å². The second-order valence-electron chi connectivity index (χ2n) is 10.4. The summed E-state index contributed by atoms with van der Waals surface area (Å²) in [7, 11) is 0. The van der Waals surface area contributed by atoms with Crippen LogP contribution >= 0.6 is 11.8 Å². The lowest BCUT2D eigenvalue weighted by molar-refractivity contribution is -0.274. The number of ether oxygens (including phenoxy) is 2. The number of carbonyl (C=O) groups is 2. The number of nitrogens with one attached hydrogen (secondary N) is 2. The number of anilines is 2. The first-order valence-corrected chi connectivity index (χ1v) is 14.8. The molecule has 1 aromatic heterocycles. The molecular formula is C30H27F5N6O4S. The minimum atomic E-state index is -4.82. The van der Waals surface area contributed by atoms with E-state index >= 15 is 0 Å². The van der Waals surface area contributed by atoms with Gasteiger partial charge in [-0.25, -0.2) is 23.2 Å². The highest BCUT2D eigenvalue weighted by molar-refractivity contribution is 8.01. The molecular weight excluding hydrogens is 635 g/mol. The fourth-order valence-electron chi connectivity index (χ4n) is 4.59. The van der Waals surface area contributed by atoms with Crippen LogP contribution in [0, 0.1) is 18.6 Å². The third kappa shape index (κ3) is 7.67. The summed E-state index contributed by atoms with van der Waals surface area (Å²) >= 11 is 1.17. The number of alkyl halides is 3. The second-order valence-corrected chi connectivity index (χ2v) is 11.5. The minimum Gasteiger partial charge on any atom is -0.485 e. The van der Waals surface area contributed by atoms with Crippen molar-refractivity contribution in [2.75, 3.05) is 16.0 Å². The topological polar surface area (TPSA) is 111 Å². The highest BCUT2D eigenvalue weighted by Crippen LogP contribution is 2.36. The molecule has 0 radical (unpaired) electrons. The molecule has 1 atom stereocenters. The molecule has 5 rings (SSSR count). The van der Waals surface area contributed by atoms with E-state index in [-0.39, 0.29) is 35.8 Å². The van der Waals surface area contributed by atoms with Crippen molar-refractivity contribution in [3.05, 3.63) is 89.5 Å². The van der Waals surface area contributed by atoms with Crippen molar-refractivity contribution in [3.8, 4) is 17.2 Å². The highest BCUT2D eigenvalue weighted by Gasteiger charge is 2.36. The Morgan fingerprint density at radius 1 is 1.07 bits per heavy atom. The number of aryl methyl sites for hydroxylation is 1. The van der Waals surface area contributed by atoms with Crippen LogP contribution in [0.25, 0.3) is 5.69 Å². The van der Waals surface area contributed by atoms with Crippen LogP contribution in [0.2, 0.25) is 0 Å². The van der Waals surface area contributed by atoms with E-state index in [1.54, 1.807) is 0 Å². The van der Waals surface area contributed by atoms with E-state index in [0.29, 0.717) is 11.4 Å². The molecule has 10 nitrogen and oxygen atoms in total. The number of benzene rings is 3. The normalized spacial score (nSPS) is 14.9. The van der Waals surface area contributed by atoms with Gasteiger partial charge < -0.3 is 20.1 Å². The number of halogens is 5. The Hall–Kier alpha value is -4.86. The first kappa shape index (κ1) is 32.5. The third-order valence-electron chi connectivity index (χ3n) is 6.69. The Kier molecular flexibility index (Phi) is 9.37. The molecule has 0 bridgehead atoms. The zero-order valence-electron chi connectivity index (χ0n) is 24.6. The lowest BCUT2D eigenvalue weighted by atomic mass is 9.98. The summed E-state index contributed by atoms with van der Waals surface area (Å²) in [5.74, 6) is -2.74. The van der Waals surface area contributed by atoms with Gasteiger partial charge in [-0.05, 0) is 54.3 Å². The number of carbonyl (C=O) groups excluding carboxylic acids is 2. The molecule has 2 heterocycles. The van der Waals surface area contributed by atoms with Crippen LogP contribution in [0.5, 0.6) is 11.5 Å². The van der Waals surface area contributed by atoms with Crippen LogP contribution in [0.15, 0.2) is 60.9 Å². The van der Waals surface area contributed by atoms with Gasteiger partial charge in [-0.15, -0.1) is 30.0 Å². The Bertz CT molecular complexity index is 1730. The molecule has 4 aromatic rings. The molecule has 1 saturated heterocycles. The van der Waals surface area contributed by atoms with E-state index in [2.05, 4.69) is 25.5 Å². The molecule has 3 aromatic carbocycles. The fraction of sp³-hybridized carbons (Fsp3) is 0.267. The van der Waals surface area contributed by atoms with Gasteiger partial charge in [-0.2, -0.15) is 0 Å². The molecule has 2 N–H and O–H groups in total. The largest absolute Gasteiger partial charge is 0.573 e. The first-order valence-electron chi connectivity index (χ1n) is 13.8. The maximum atomic E-state index is 14.9. The maximum Gasteiger partial charge on any atom is 0.573 e. The number of rotatable bonds is 9. The van der Waals surface area contributed by atoms with Gasteiger partial charge in [0.05, 0.1) is 17.1 Å². The van der Waals surface area contributed by atoms with Gasteiger partial charge in [-0.3, -0.25) is 9.69 Å². The van der Waals surface area contributed by atoms with E-state index in [1.165, 1.54) is 39.8 Å². The second kappa shape index (κ2) is 13.2. The van der Waals surface area contributed by atoms with Crippen LogP contribution in [-0.2, 0) is 11.4 Å². The zero-order chi connectivity index (χ0) is 33.2. The van der Waals surface area contributed by atoms with Gasteiger partial charge in [0, 0.05) is 12.1 Å². The Labute approximate surface area is 263 Å². The summed E-state index contributed by atoms with van der Waals surface area (Å²) in [6.45, 7) is 5.57. The number of amides is 3. The Morgan fingerprint density at radius 2 is 1.76 bits per heavy atom. The average molecular weight is 663 g/mol. The molecule has 0 spiro atoms. The molecule has 16 heteroatoms. The van der Waals surface area contributed by atoms with Crippen molar-refractivity contribution < 1.29 is 41.0 Å². The molecule has 1 aliphatic rings. The summed E-state index contributed by atoms with van der Waals surface area (Å²) < 4.78 is 77.5. The number of hydrogen-bond acceptors (Lipinski definition) is 7. The van der Waals surface area contributed by atoms with Crippen LogP contribution < -0.4 is 25.0 Å². The smallest absolute Gasteiger partial charge is 0.485 e. The lowest BCUT2D eigenvalue weighted by Gasteiger charge is -2.28. The number of thioether (sulfide) groups is 1. The van der Waals surface area contributed by atoms with Gasteiger partial charge in [0.25, 0.3) is 0 Å². The van der Waals surface area contributed by atoms with E-state index < -0.39 is 41.0 Å². The van der Waals surface area contributed by atoms with Crippen molar-refractivity contribution in [3.63, 3.8) is 0 Å². The molecule has 0 aliphatic carbocycles. The van der Waals surface area contributed by atoms with Crippen LogP contribution in [0.4, 0.5) is 38.1 Å². The van der Waals surface area contributed by atoms with Crippen molar-refractivity contribution in [2.45, 2.75) is 45.2 Å².